The molecule has 32 heavy (non-hydrogen) atoms. The number of methoxy groups -OCH3 is 1. The predicted molar refractivity (Wildman–Crippen MR) is 134 cm³/mol. The Bertz CT molecular complexity index is 1040. The number of ether oxygens (including phenoxy) is 1. The van der Waals surface area contributed by atoms with E-state index < -0.39 is 8.32 Å². The minimum atomic E-state index is -1.74. The van der Waals surface area contributed by atoms with Crippen molar-refractivity contribution in [2.75, 3.05) is 7.11 Å². The molecule has 1 aliphatic heterocycles. The Morgan fingerprint density at radius 1 is 0.844 bits per heavy atom. The van der Waals surface area contributed by atoms with Crippen molar-refractivity contribution in [3.05, 3.63) is 113 Å². The van der Waals surface area contributed by atoms with Gasteiger partial charge in [0.2, 0.25) is 8.32 Å². The van der Waals surface area contributed by atoms with Gasteiger partial charge in [-0.1, -0.05) is 78.9 Å². The van der Waals surface area contributed by atoms with Crippen LogP contribution in [0.5, 0.6) is 5.75 Å². The van der Waals surface area contributed by atoms with Crippen LogP contribution in [-0.2, 0) is 11.0 Å². The van der Waals surface area contributed by atoms with Crippen molar-refractivity contribution in [1.82, 2.24) is 4.90 Å². The fourth-order valence-corrected chi connectivity index (χ4v) is 5.42. The summed E-state index contributed by atoms with van der Waals surface area (Å²) in [5.41, 5.74) is 3.78. The van der Waals surface area contributed by atoms with Crippen LogP contribution in [0, 0.1) is 0 Å². The second-order valence-corrected chi connectivity index (χ2v) is 13.8. The molecule has 0 fully saturated rings. The Hall–Kier alpha value is -2.82. The van der Waals surface area contributed by atoms with Gasteiger partial charge >= 0.3 is 0 Å². The Kier molecular flexibility index (Phi) is 6.82. The minimum absolute atomic E-state index is 0.117. The molecule has 0 bridgehead atoms. The van der Waals surface area contributed by atoms with Gasteiger partial charge in [-0.15, -0.1) is 0 Å². The molecule has 3 aromatic rings. The molecule has 0 saturated heterocycles. The molecule has 0 N–H and O–H groups in total. The van der Waals surface area contributed by atoms with E-state index in [2.05, 4.69) is 109 Å². The van der Waals surface area contributed by atoms with Crippen molar-refractivity contribution in [3.63, 3.8) is 0 Å². The average Bonchev–Trinajstić information content (AvgIpc) is 2.80. The second kappa shape index (κ2) is 9.76. The topological polar surface area (TPSA) is 21.7 Å². The lowest BCUT2D eigenvalue weighted by molar-refractivity contribution is 0.117. The zero-order valence-electron chi connectivity index (χ0n) is 19.5. The summed E-state index contributed by atoms with van der Waals surface area (Å²) in [7, 11) is 0.0153. The SMILES string of the molecule is COc1ccccc1[C@@H]1CC(O[Si](C)(C)C)=C[C@@H](c2ccccc2)N1Cc1ccccc1. The smallest absolute Gasteiger partial charge is 0.241 e. The molecular weight excluding hydrogens is 410 g/mol. The van der Waals surface area contributed by atoms with Gasteiger partial charge in [0.1, 0.15) is 5.75 Å². The van der Waals surface area contributed by atoms with E-state index in [1.54, 1.807) is 7.11 Å². The van der Waals surface area contributed by atoms with E-state index in [0.29, 0.717) is 0 Å². The first kappa shape index (κ1) is 22.4. The van der Waals surface area contributed by atoms with Crippen LogP contribution in [0.1, 0.15) is 35.2 Å². The molecule has 4 heteroatoms. The summed E-state index contributed by atoms with van der Waals surface area (Å²) >= 11 is 0. The second-order valence-electron chi connectivity index (χ2n) is 9.32. The van der Waals surface area contributed by atoms with E-state index in [1.807, 2.05) is 6.07 Å². The average molecular weight is 444 g/mol. The summed E-state index contributed by atoms with van der Waals surface area (Å²) in [5, 5.41) is 0. The van der Waals surface area contributed by atoms with Crippen LogP contribution in [0.2, 0.25) is 19.6 Å². The quantitative estimate of drug-likeness (QED) is 0.363. The number of para-hydroxylation sites is 1. The lowest BCUT2D eigenvalue weighted by Crippen LogP contribution is -2.37. The molecule has 0 aromatic heterocycles. The summed E-state index contributed by atoms with van der Waals surface area (Å²) in [6.07, 6.45) is 3.17. The van der Waals surface area contributed by atoms with Crippen LogP contribution >= 0.6 is 0 Å². The third-order valence-electron chi connectivity index (χ3n) is 5.78. The van der Waals surface area contributed by atoms with Crippen molar-refractivity contribution < 1.29 is 9.16 Å². The zero-order valence-corrected chi connectivity index (χ0v) is 20.5. The first-order valence-corrected chi connectivity index (χ1v) is 14.7. The van der Waals surface area contributed by atoms with Gasteiger partial charge in [0.05, 0.1) is 18.9 Å². The van der Waals surface area contributed by atoms with Crippen molar-refractivity contribution in [2.45, 2.75) is 44.7 Å². The van der Waals surface area contributed by atoms with Crippen molar-refractivity contribution >= 4 is 8.32 Å². The highest BCUT2D eigenvalue weighted by atomic mass is 28.4. The predicted octanol–water partition coefficient (Wildman–Crippen LogP) is 7.12. The fraction of sp³-hybridized carbons (Fsp3) is 0.286. The molecule has 166 valence electrons. The Morgan fingerprint density at radius 2 is 1.47 bits per heavy atom. The third-order valence-corrected chi connectivity index (χ3v) is 6.65. The first-order valence-electron chi connectivity index (χ1n) is 11.3. The maximum atomic E-state index is 6.59. The van der Waals surface area contributed by atoms with Gasteiger partial charge in [0.25, 0.3) is 0 Å². The van der Waals surface area contributed by atoms with Crippen molar-refractivity contribution in [2.24, 2.45) is 0 Å². The third kappa shape index (κ3) is 5.32. The molecule has 3 aromatic carbocycles. The molecule has 1 heterocycles. The van der Waals surface area contributed by atoms with Crippen LogP contribution in [0.15, 0.2) is 96.8 Å². The highest BCUT2D eigenvalue weighted by Gasteiger charge is 2.36. The largest absolute Gasteiger partial charge is 0.547 e. The standard InChI is InChI=1S/C28H33NO2Si/c1-30-28-18-12-11-17-25(28)27-20-24(31-32(2,3)4)19-26(23-15-9-6-10-16-23)29(27)21-22-13-7-5-8-14-22/h5-19,26-27H,20-21H2,1-4H3/t26-,27-/m0/s1. The summed E-state index contributed by atoms with van der Waals surface area (Å²) in [6, 6.07) is 30.1. The lowest BCUT2D eigenvalue weighted by Gasteiger charge is -2.43. The van der Waals surface area contributed by atoms with E-state index in [1.165, 1.54) is 16.7 Å². The number of hydrogen-bond donors (Lipinski definition) is 0. The van der Waals surface area contributed by atoms with Crippen LogP contribution in [0.4, 0.5) is 0 Å². The van der Waals surface area contributed by atoms with Crippen LogP contribution < -0.4 is 4.74 Å². The van der Waals surface area contributed by atoms with Crippen LogP contribution in [0.3, 0.4) is 0 Å². The lowest BCUT2D eigenvalue weighted by atomic mass is 9.90. The van der Waals surface area contributed by atoms with Gasteiger partial charge in [0, 0.05) is 24.6 Å². The van der Waals surface area contributed by atoms with Crippen molar-refractivity contribution in [3.8, 4) is 5.75 Å². The highest BCUT2D eigenvalue weighted by Crippen LogP contribution is 2.45. The molecule has 0 saturated carbocycles. The van der Waals surface area contributed by atoms with E-state index in [4.69, 9.17) is 9.16 Å². The summed E-state index contributed by atoms with van der Waals surface area (Å²) in [5.74, 6) is 2.02. The van der Waals surface area contributed by atoms with E-state index in [9.17, 15) is 0 Å². The zero-order chi connectivity index (χ0) is 22.6. The fourth-order valence-electron chi connectivity index (χ4n) is 4.48. The maximum absolute atomic E-state index is 6.59. The van der Waals surface area contributed by atoms with Gasteiger partial charge in [-0.2, -0.15) is 0 Å². The summed E-state index contributed by atoms with van der Waals surface area (Å²) in [4.78, 5) is 2.58. The molecule has 3 nitrogen and oxygen atoms in total. The van der Waals surface area contributed by atoms with Crippen molar-refractivity contribution in [1.29, 1.82) is 0 Å². The monoisotopic (exact) mass is 443 g/mol. The summed E-state index contributed by atoms with van der Waals surface area (Å²) in [6.45, 7) is 7.60. The normalized spacial score (nSPS) is 19.3. The Labute approximate surface area is 193 Å². The number of nitrogens with zero attached hydrogens (tertiary/aromatic N) is 1. The van der Waals surface area contributed by atoms with E-state index in [0.717, 1.165) is 24.5 Å². The molecule has 0 radical (unpaired) electrons. The van der Waals surface area contributed by atoms with E-state index >= 15 is 0 Å². The van der Waals surface area contributed by atoms with Crippen LogP contribution in [0.25, 0.3) is 0 Å². The number of benzene rings is 3. The number of hydrogen-bond acceptors (Lipinski definition) is 3. The Balaban J connectivity index is 1.83. The van der Waals surface area contributed by atoms with Gasteiger partial charge in [0.15, 0.2) is 0 Å². The Morgan fingerprint density at radius 3 is 2.12 bits per heavy atom. The molecule has 1 aliphatic rings. The molecule has 0 spiro atoms. The molecule has 0 amide bonds. The highest BCUT2D eigenvalue weighted by molar-refractivity contribution is 6.70. The molecule has 0 unspecified atom stereocenters. The van der Waals surface area contributed by atoms with Gasteiger partial charge < -0.3 is 9.16 Å². The van der Waals surface area contributed by atoms with Crippen LogP contribution in [-0.4, -0.2) is 20.3 Å². The van der Waals surface area contributed by atoms with Gasteiger partial charge in [-0.05, 0) is 42.9 Å². The maximum Gasteiger partial charge on any atom is 0.241 e. The van der Waals surface area contributed by atoms with Gasteiger partial charge in [-0.3, -0.25) is 4.90 Å². The van der Waals surface area contributed by atoms with E-state index in [-0.39, 0.29) is 12.1 Å². The molecule has 0 aliphatic carbocycles. The molecule has 2 atom stereocenters. The number of rotatable bonds is 7. The minimum Gasteiger partial charge on any atom is -0.547 e. The first-order chi connectivity index (χ1) is 15.4. The molecule has 4 rings (SSSR count). The summed E-state index contributed by atoms with van der Waals surface area (Å²) < 4.78 is 12.4. The molecular formula is C28H33NO2Si. The van der Waals surface area contributed by atoms with Gasteiger partial charge in [-0.25, -0.2) is 0 Å².